The van der Waals surface area contributed by atoms with Gasteiger partial charge in [0.15, 0.2) is 5.78 Å². The molecule has 0 aliphatic heterocycles. The lowest BCUT2D eigenvalue weighted by Crippen LogP contribution is -2.38. The molecule has 19 heavy (non-hydrogen) atoms. The van der Waals surface area contributed by atoms with Crippen molar-refractivity contribution < 1.29 is 4.79 Å². The summed E-state index contributed by atoms with van der Waals surface area (Å²) in [6, 6.07) is 9.74. The summed E-state index contributed by atoms with van der Waals surface area (Å²) < 4.78 is 0. The molecule has 0 spiro atoms. The maximum absolute atomic E-state index is 12.4. The van der Waals surface area contributed by atoms with Crippen LogP contribution in [0.5, 0.6) is 0 Å². The van der Waals surface area contributed by atoms with Gasteiger partial charge >= 0.3 is 0 Å². The van der Waals surface area contributed by atoms with Crippen LogP contribution in [0.25, 0.3) is 0 Å². The molecule has 2 heteroatoms. The molecule has 1 aliphatic carbocycles. The third-order valence-electron chi connectivity index (χ3n) is 4.49. The number of benzene rings is 1. The smallest absolute Gasteiger partial charge is 0.152 e. The van der Waals surface area contributed by atoms with E-state index in [0.29, 0.717) is 6.42 Å². The number of rotatable bonds is 5. The van der Waals surface area contributed by atoms with Crippen molar-refractivity contribution in [2.75, 3.05) is 0 Å². The van der Waals surface area contributed by atoms with Gasteiger partial charge in [0.05, 0.1) is 6.04 Å². The van der Waals surface area contributed by atoms with Crippen LogP contribution in [-0.4, -0.2) is 11.8 Å². The summed E-state index contributed by atoms with van der Waals surface area (Å²) in [5.41, 5.74) is 7.26. The average molecular weight is 259 g/mol. The Morgan fingerprint density at radius 3 is 2.42 bits per heavy atom. The SMILES string of the molecule is CCC1CCC(C(=O)C(N)Cc2ccccc2)CC1. The van der Waals surface area contributed by atoms with E-state index in [4.69, 9.17) is 5.73 Å². The number of carbonyl (C=O) groups excluding carboxylic acids is 1. The zero-order valence-electron chi connectivity index (χ0n) is 11.8. The lowest BCUT2D eigenvalue weighted by Gasteiger charge is -2.28. The van der Waals surface area contributed by atoms with E-state index in [0.717, 1.165) is 24.3 Å². The van der Waals surface area contributed by atoms with E-state index >= 15 is 0 Å². The second-order valence-electron chi connectivity index (χ2n) is 5.82. The molecule has 1 atom stereocenters. The summed E-state index contributed by atoms with van der Waals surface area (Å²) in [6.45, 7) is 2.24. The highest BCUT2D eigenvalue weighted by molar-refractivity contribution is 5.86. The monoisotopic (exact) mass is 259 g/mol. The molecule has 0 saturated heterocycles. The predicted molar refractivity (Wildman–Crippen MR) is 78.9 cm³/mol. The Morgan fingerprint density at radius 2 is 1.84 bits per heavy atom. The molecule has 1 aromatic rings. The number of carbonyl (C=O) groups is 1. The Bertz CT molecular complexity index is 393. The molecule has 0 amide bonds. The summed E-state index contributed by atoms with van der Waals surface area (Å²) in [7, 11) is 0. The molecule has 2 nitrogen and oxygen atoms in total. The second-order valence-corrected chi connectivity index (χ2v) is 5.82. The Kier molecular flexibility index (Phi) is 5.15. The van der Waals surface area contributed by atoms with Crippen molar-refractivity contribution in [3.05, 3.63) is 35.9 Å². The topological polar surface area (TPSA) is 43.1 Å². The van der Waals surface area contributed by atoms with Gasteiger partial charge in [-0.15, -0.1) is 0 Å². The predicted octanol–water partition coefficient (Wildman–Crippen LogP) is 3.34. The Labute approximate surface area is 116 Å². The first kappa shape index (κ1) is 14.3. The molecule has 0 bridgehead atoms. The van der Waals surface area contributed by atoms with Crippen molar-refractivity contribution in [3.63, 3.8) is 0 Å². The highest BCUT2D eigenvalue weighted by atomic mass is 16.1. The Hall–Kier alpha value is -1.15. The highest BCUT2D eigenvalue weighted by Gasteiger charge is 2.28. The van der Waals surface area contributed by atoms with Gasteiger partial charge in [-0.3, -0.25) is 4.79 Å². The van der Waals surface area contributed by atoms with E-state index in [9.17, 15) is 4.79 Å². The first-order valence-electron chi connectivity index (χ1n) is 7.54. The minimum atomic E-state index is -0.328. The highest BCUT2D eigenvalue weighted by Crippen LogP contribution is 2.31. The van der Waals surface area contributed by atoms with Gasteiger partial charge in [0.2, 0.25) is 0 Å². The molecule has 1 aromatic carbocycles. The van der Waals surface area contributed by atoms with Crippen LogP contribution in [0.4, 0.5) is 0 Å². The summed E-state index contributed by atoms with van der Waals surface area (Å²) >= 11 is 0. The fraction of sp³-hybridized carbons (Fsp3) is 0.588. The minimum Gasteiger partial charge on any atom is -0.321 e. The van der Waals surface area contributed by atoms with E-state index in [1.165, 1.54) is 19.3 Å². The molecular weight excluding hydrogens is 234 g/mol. The summed E-state index contributed by atoms with van der Waals surface area (Å²) in [5, 5.41) is 0. The molecule has 2 rings (SSSR count). The van der Waals surface area contributed by atoms with Crippen molar-refractivity contribution >= 4 is 5.78 Å². The van der Waals surface area contributed by atoms with E-state index in [1.807, 2.05) is 30.3 Å². The lowest BCUT2D eigenvalue weighted by molar-refractivity contribution is -0.125. The van der Waals surface area contributed by atoms with Crippen molar-refractivity contribution in [1.82, 2.24) is 0 Å². The molecular formula is C17H25NO. The van der Waals surface area contributed by atoms with Crippen molar-refractivity contribution in [2.24, 2.45) is 17.6 Å². The minimum absolute atomic E-state index is 0.210. The number of hydrogen-bond acceptors (Lipinski definition) is 2. The molecule has 104 valence electrons. The van der Waals surface area contributed by atoms with Gasteiger partial charge in [0, 0.05) is 5.92 Å². The van der Waals surface area contributed by atoms with Gasteiger partial charge < -0.3 is 5.73 Å². The number of ketones is 1. The molecule has 1 aliphatic rings. The first-order chi connectivity index (χ1) is 9.20. The van der Waals surface area contributed by atoms with E-state index in [2.05, 4.69) is 6.92 Å². The van der Waals surface area contributed by atoms with Crippen molar-refractivity contribution in [1.29, 1.82) is 0 Å². The number of Topliss-reactive ketones (excluding diaryl/α,β-unsaturated/α-hetero) is 1. The zero-order valence-corrected chi connectivity index (χ0v) is 11.8. The summed E-state index contributed by atoms with van der Waals surface area (Å²) in [6.07, 6.45) is 6.40. The lowest BCUT2D eigenvalue weighted by atomic mass is 9.77. The van der Waals surface area contributed by atoms with Gasteiger partial charge in [-0.2, -0.15) is 0 Å². The first-order valence-corrected chi connectivity index (χ1v) is 7.54. The maximum atomic E-state index is 12.4. The van der Waals surface area contributed by atoms with Crippen LogP contribution < -0.4 is 5.73 Å². The molecule has 0 radical (unpaired) electrons. The molecule has 1 saturated carbocycles. The van der Waals surface area contributed by atoms with Crippen molar-refractivity contribution in [2.45, 2.75) is 51.5 Å². The van der Waals surface area contributed by atoms with Gasteiger partial charge in [0.25, 0.3) is 0 Å². The van der Waals surface area contributed by atoms with E-state index < -0.39 is 0 Å². The normalized spacial score (nSPS) is 24.9. The second kappa shape index (κ2) is 6.85. The van der Waals surface area contributed by atoms with Crippen LogP contribution in [0.3, 0.4) is 0 Å². The van der Waals surface area contributed by atoms with Crippen LogP contribution >= 0.6 is 0 Å². The fourth-order valence-electron chi connectivity index (χ4n) is 3.13. The maximum Gasteiger partial charge on any atom is 0.152 e. The Morgan fingerprint density at radius 1 is 1.21 bits per heavy atom. The molecule has 1 unspecified atom stereocenters. The van der Waals surface area contributed by atoms with Crippen LogP contribution in [0.15, 0.2) is 30.3 Å². The number of nitrogens with two attached hydrogens (primary N) is 1. The third kappa shape index (κ3) is 3.90. The largest absolute Gasteiger partial charge is 0.321 e. The number of hydrogen-bond donors (Lipinski definition) is 1. The van der Waals surface area contributed by atoms with Gasteiger partial charge in [-0.1, -0.05) is 43.7 Å². The van der Waals surface area contributed by atoms with Crippen LogP contribution in [-0.2, 0) is 11.2 Å². The van der Waals surface area contributed by atoms with Crippen LogP contribution in [0.2, 0.25) is 0 Å². The fourth-order valence-corrected chi connectivity index (χ4v) is 3.13. The van der Waals surface area contributed by atoms with E-state index in [-0.39, 0.29) is 17.7 Å². The molecule has 0 heterocycles. The van der Waals surface area contributed by atoms with Gasteiger partial charge in [-0.05, 0) is 43.6 Å². The quantitative estimate of drug-likeness (QED) is 0.881. The third-order valence-corrected chi connectivity index (χ3v) is 4.49. The van der Waals surface area contributed by atoms with E-state index in [1.54, 1.807) is 0 Å². The average Bonchev–Trinajstić information content (AvgIpc) is 2.47. The van der Waals surface area contributed by atoms with Gasteiger partial charge in [-0.25, -0.2) is 0 Å². The van der Waals surface area contributed by atoms with Crippen LogP contribution in [0, 0.1) is 11.8 Å². The molecule has 0 aromatic heterocycles. The van der Waals surface area contributed by atoms with Crippen molar-refractivity contribution in [3.8, 4) is 0 Å². The van der Waals surface area contributed by atoms with Crippen LogP contribution in [0.1, 0.15) is 44.6 Å². The van der Waals surface area contributed by atoms with Gasteiger partial charge in [0.1, 0.15) is 0 Å². The molecule has 2 N–H and O–H groups in total. The Balaban J connectivity index is 1.86. The standard InChI is InChI=1S/C17H25NO/c1-2-13-8-10-15(11-9-13)17(19)16(18)12-14-6-4-3-5-7-14/h3-7,13,15-16H,2,8-12,18H2,1H3. The summed E-state index contributed by atoms with van der Waals surface area (Å²) in [5.74, 6) is 1.31. The molecule has 1 fully saturated rings. The summed E-state index contributed by atoms with van der Waals surface area (Å²) in [4.78, 5) is 12.4. The zero-order chi connectivity index (χ0) is 13.7.